The molecule has 3 saturated heterocycles. The van der Waals surface area contributed by atoms with Crippen LogP contribution in [0.5, 0.6) is 0 Å². The summed E-state index contributed by atoms with van der Waals surface area (Å²) in [6, 6.07) is 3.60. The number of fused-ring (bicyclic) bond motifs is 3. The molecule has 2 aromatic rings. The van der Waals surface area contributed by atoms with Gasteiger partial charge in [-0.15, -0.1) is 11.3 Å². The molecule has 138 valence electrons. The molecule has 0 saturated carbocycles. The van der Waals surface area contributed by atoms with Gasteiger partial charge < -0.3 is 9.64 Å². The second kappa shape index (κ2) is 6.92. The van der Waals surface area contributed by atoms with Gasteiger partial charge in [0, 0.05) is 5.41 Å². The second-order valence-corrected chi connectivity index (χ2v) is 7.81. The van der Waals surface area contributed by atoms with Crippen LogP contribution in [0.15, 0.2) is 23.7 Å². The zero-order chi connectivity index (χ0) is 18.1. The molecule has 1 N–H and O–H groups in total. The second-order valence-electron chi connectivity index (χ2n) is 6.95. The number of nitrogens with zero attached hydrogens (tertiary/aromatic N) is 2. The summed E-state index contributed by atoms with van der Waals surface area (Å²) in [6.07, 6.45) is 2.59. The van der Waals surface area contributed by atoms with Crippen molar-refractivity contribution in [1.82, 2.24) is 9.88 Å². The molecule has 0 spiro atoms. The molecular formula is C18H19F2N3O2S. The fourth-order valence-electron chi connectivity index (χ4n) is 3.64. The molecule has 0 atom stereocenters. The highest BCUT2D eigenvalue weighted by atomic mass is 32.1. The van der Waals surface area contributed by atoms with E-state index >= 15 is 0 Å². The standard InChI is InChI=1S/C18H19F2N3O2S/c19-13-2-1-12(9-14(13)20)15-16(21-11-26-15)22-17(24)25-10-18-3-6-23(7-4-18)8-5-18/h1-2,9,11H,3-8,10H2,(H,22,24). The SMILES string of the molecule is O=C(Nc1ncsc1-c1ccc(F)c(F)c1)OCC12CCN(CC1)CC2. The lowest BCUT2D eigenvalue weighted by molar-refractivity contribution is -0.0190. The van der Waals surface area contributed by atoms with Crippen LogP contribution in [0, 0.1) is 17.0 Å². The summed E-state index contributed by atoms with van der Waals surface area (Å²) in [5, 5.41) is 2.63. The summed E-state index contributed by atoms with van der Waals surface area (Å²) in [4.78, 5) is 19.3. The molecule has 1 aromatic heterocycles. The first kappa shape index (κ1) is 17.4. The third kappa shape index (κ3) is 3.43. The first-order chi connectivity index (χ1) is 12.5. The predicted octanol–water partition coefficient (Wildman–Crippen LogP) is 4.12. The van der Waals surface area contributed by atoms with E-state index in [2.05, 4.69) is 15.2 Å². The van der Waals surface area contributed by atoms with Gasteiger partial charge in [0.05, 0.1) is 17.0 Å². The van der Waals surface area contributed by atoms with Crippen molar-refractivity contribution >= 4 is 23.2 Å². The van der Waals surface area contributed by atoms with Gasteiger partial charge in [-0.2, -0.15) is 0 Å². The maximum absolute atomic E-state index is 13.5. The average molecular weight is 379 g/mol. The Labute approximate surface area is 154 Å². The van der Waals surface area contributed by atoms with Gasteiger partial charge >= 0.3 is 6.09 Å². The lowest BCUT2D eigenvalue weighted by Gasteiger charge is -2.47. The van der Waals surface area contributed by atoms with E-state index in [4.69, 9.17) is 4.74 Å². The summed E-state index contributed by atoms with van der Waals surface area (Å²) in [7, 11) is 0. The van der Waals surface area contributed by atoms with E-state index in [1.165, 1.54) is 17.4 Å². The molecule has 1 aromatic carbocycles. The number of aromatic nitrogens is 1. The average Bonchev–Trinajstić information content (AvgIpc) is 3.12. The van der Waals surface area contributed by atoms with Crippen LogP contribution in [-0.2, 0) is 4.74 Å². The Bertz CT molecular complexity index is 805. The first-order valence-corrected chi connectivity index (χ1v) is 9.48. The predicted molar refractivity (Wildman–Crippen MR) is 95.2 cm³/mol. The summed E-state index contributed by atoms with van der Waals surface area (Å²) in [5.41, 5.74) is 2.10. The maximum Gasteiger partial charge on any atom is 0.412 e. The van der Waals surface area contributed by atoms with Gasteiger partial charge in [0.1, 0.15) is 0 Å². The van der Waals surface area contributed by atoms with Crippen molar-refractivity contribution in [1.29, 1.82) is 0 Å². The van der Waals surface area contributed by atoms with E-state index in [-0.39, 0.29) is 5.41 Å². The highest BCUT2D eigenvalue weighted by Crippen LogP contribution is 2.40. The van der Waals surface area contributed by atoms with Crippen LogP contribution >= 0.6 is 11.3 Å². The first-order valence-electron chi connectivity index (χ1n) is 8.60. The highest BCUT2D eigenvalue weighted by molar-refractivity contribution is 7.13. The summed E-state index contributed by atoms with van der Waals surface area (Å²) in [5.74, 6) is -1.56. The number of amides is 1. The largest absolute Gasteiger partial charge is 0.449 e. The number of nitrogens with one attached hydrogen (secondary N) is 1. The van der Waals surface area contributed by atoms with E-state index in [0.717, 1.165) is 51.0 Å². The maximum atomic E-state index is 13.5. The van der Waals surface area contributed by atoms with Gasteiger partial charge in [-0.3, -0.25) is 5.32 Å². The molecule has 0 radical (unpaired) electrons. The summed E-state index contributed by atoms with van der Waals surface area (Å²) < 4.78 is 32.1. The minimum atomic E-state index is -0.938. The van der Waals surface area contributed by atoms with Crippen LogP contribution in [-0.4, -0.2) is 42.2 Å². The Balaban J connectivity index is 1.40. The molecule has 8 heteroatoms. The van der Waals surface area contributed by atoms with Crippen molar-refractivity contribution in [3.05, 3.63) is 35.3 Å². The number of rotatable bonds is 4. The Kier molecular flexibility index (Phi) is 4.62. The molecule has 3 fully saturated rings. The molecule has 5 nitrogen and oxygen atoms in total. The Morgan fingerprint density at radius 3 is 2.65 bits per heavy atom. The fourth-order valence-corrected chi connectivity index (χ4v) is 4.38. The zero-order valence-corrected chi connectivity index (χ0v) is 15.0. The number of ether oxygens (including phenoxy) is 1. The fraction of sp³-hybridized carbons (Fsp3) is 0.444. The molecule has 0 unspecified atom stereocenters. The number of anilines is 1. The number of piperidine rings is 3. The van der Waals surface area contributed by atoms with E-state index in [0.29, 0.717) is 22.9 Å². The van der Waals surface area contributed by atoms with Gasteiger partial charge in [-0.05, 0) is 56.6 Å². The molecule has 0 aliphatic carbocycles. The van der Waals surface area contributed by atoms with Crippen molar-refractivity contribution in [3.8, 4) is 10.4 Å². The van der Waals surface area contributed by atoms with Crippen LogP contribution in [0.4, 0.5) is 19.4 Å². The van der Waals surface area contributed by atoms with Crippen LogP contribution in [0.3, 0.4) is 0 Å². The van der Waals surface area contributed by atoms with Crippen molar-refractivity contribution in [2.45, 2.75) is 19.3 Å². The molecule has 4 heterocycles. The number of carbonyl (C=O) groups excluding carboxylic acids is 1. The van der Waals surface area contributed by atoms with Gasteiger partial charge in [0.15, 0.2) is 17.5 Å². The summed E-state index contributed by atoms with van der Waals surface area (Å²) in [6.45, 7) is 3.60. The minimum absolute atomic E-state index is 0.0943. The van der Waals surface area contributed by atoms with Gasteiger partial charge in [-0.1, -0.05) is 6.07 Å². The van der Waals surface area contributed by atoms with Gasteiger partial charge in [-0.25, -0.2) is 18.6 Å². The number of benzene rings is 1. The van der Waals surface area contributed by atoms with Crippen LogP contribution in [0.25, 0.3) is 10.4 Å². The Morgan fingerprint density at radius 1 is 1.23 bits per heavy atom. The topological polar surface area (TPSA) is 54.5 Å². The van der Waals surface area contributed by atoms with Crippen molar-refractivity contribution in [2.75, 3.05) is 31.6 Å². The van der Waals surface area contributed by atoms with Crippen molar-refractivity contribution in [2.24, 2.45) is 5.41 Å². The molecular weight excluding hydrogens is 360 g/mol. The summed E-state index contributed by atoms with van der Waals surface area (Å²) >= 11 is 1.24. The zero-order valence-electron chi connectivity index (χ0n) is 14.1. The Morgan fingerprint density at radius 2 is 1.96 bits per heavy atom. The van der Waals surface area contributed by atoms with Crippen molar-refractivity contribution in [3.63, 3.8) is 0 Å². The number of hydrogen-bond acceptors (Lipinski definition) is 5. The third-order valence-electron chi connectivity index (χ3n) is 5.35. The number of hydrogen-bond donors (Lipinski definition) is 1. The van der Waals surface area contributed by atoms with E-state index in [9.17, 15) is 13.6 Å². The lowest BCUT2D eigenvalue weighted by atomic mass is 9.73. The van der Waals surface area contributed by atoms with E-state index < -0.39 is 17.7 Å². The van der Waals surface area contributed by atoms with Crippen LogP contribution < -0.4 is 5.32 Å². The number of thiazole rings is 1. The molecule has 5 rings (SSSR count). The number of halogens is 2. The monoisotopic (exact) mass is 379 g/mol. The quantitative estimate of drug-likeness (QED) is 0.868. The minimum Gasteiger partial charge on any atom is -0.449 e. The smallest absolute Gasteiger partial charge is 0.412 e. The van der Waals surface area contributed by atoms with Gasteiger partial charge in [0.25, 0.3) is 0 Å². The molecule has 1 amide bonds. The normalized spacial score (nSPS) is 24.5. The number of carbonyl (C=O) groups is 1. The molecule has 3 aliphatic heterocycles. The molecule has 26 heavy (non-hydrogen) atoms. The van der Waals surface area contributed by atoms with Crippen LogP contribution in [0.2, 0.25) is 0 Å². The van der Waals surface area contributed by atoms with Crippen LogP contribution in [0.1, 0.15) is 19.3 Å². The lowest BCUT2D eigenvalue weighted by Crippen LogP contribution is -2.50. The third-order valence-corrected chi connectivity index (χ3v) is 6.23. The van der Waals surface area contributed by atoms with Crippen molar-refractivity contribution < 1.29 is 18.3 Å². The highest BCUT2D eigenvalue weighted by Gasteiger charge is 2.40. The van der Waals surface area contributed by atoms with Gasteiger partial charge in [0.2, 0.25) is 0 Å². The van der Waals surface area contributed by atoms with E-state index in [1.54, 1.807) is 5.51 Å². The molecule has 2 bridgehead atoms. The van der Waals surface area contributed by atoms with E-state index in [1.807, 2.05) is 0 Å². The Hall–Kier alpha value is -2.06. The molecule has 3 aliphatic rings.